The maximum absolute atomic E-state index is 12.5. The molecule has 0 saturated carbocycles. The number of halogens is 2. The molecule has 2 heterocycles. The quantitative estimate of drug-likeness (QED) is 0.368. The zero-order valence-electron chi connectivity index (χ0n) is 16.4. The molecule has 0 aliphatic heterocycles. The summed E-state index contributed by atoms with van der Waals surface area (Å²) in [6.07, 6.45) is 3.39. The number of amides is 1. The molecule has 0 aliphatic rings. The molecule has 2 aromatic carbocycles. The predicted octanol–water partition coefficient (Wildman–Crippen LogP) is 5.68. The molecule has 9 heteroatoms. The third kappa shape index (κ3) is 4.74. The van der Waals surface area contributed by atoms with E-state index in [1.165, 1.54) is 11.8 Å². The molecule has 0 unspecified atom stereocenters. The Kier molecular flexibility index (Phi) is 6.56. The van der Waals surface area contributed by atoms with Crippen LogP contribution in [-0.2, 0) is 4.79 Å². The number of nitrogens with one attached hydrogen (secondary N) is 1. The van der Waals surface area contributed by atoms with Gasteiger partial charge in [0.25, 0.3) is 0 Å². The number of pyridine rings is 1. The van der Waals surface area contributed by atoms with Gasteiger partial charge < -0.3 is 5.32 Å². The fraction of sp³-hybridized carbons (Fsp3) is 0.0909. The van der Waals surface area contributed by atoms with E-state index in [1.807, 2.05) is 54.0 Å². The molecular weight excluding hydrogens is 453 g/mol. The topological polar surface area (TPSA) is 72.7 Å². The van der Waals surface area contributed by atoms with Crippen molar-refractivity contribution in [1.29, 1.82) is 0 Å². The minimum atomic E-state index is -0.194. The number of benzene rings is 2. The van der Waals surface area contributed by atoms with E-state index in [2.05, 4.69) is 20.5 Å². The van der Waals surface area contributed by atoms with E-state index in [0.29, 0.717) is 26.7 Å². The molecule has 0 aliphatic carbocycles. The van der Waals surface area contributed by atoms with Crippen LogP contribution in [-0.4, -0.2) is 31.4 Å². The number of aromatic nitrogens is 4. The van der Waals surface area contributed by atoms with Gasteiger partial charge in [-0.2, -0.15) is 0 Å². The van der Waals surface area contributed by atoms with Crippen LogP contribution < -0.4 is 5.32 Å². The highest BCUT2D eigenvalue weighted by molar-refractivity contribution is 7.99. The smallest absolute Gasteiger partial charge is 0.234 e. The number of carbonyl (C=O) groups excluding carboxylic acids is 1. The van der Waals surface area contributed by atoms with Gasteiger partial charge in [-0.25, -0.2) is 0 Å². The molecule has 0 saturated heterocycles. The molecule has 1 N–H and O–H groups in total. The van der Waals surface area contributed by atoms with Crippen molar-refractivity contribution in [1.82, 2.24) is 19.7 Å². The van der Waals surface area contributed by atoms with E-state index in [4.69, 9.17) is 23.2 Å². The molecule has 31 heavy (non-hydrogen) atoms. The number of rotatable bonds is 6. The Hall–Kier alpha value is -2.87. The third-order valence-electron chi connectivity index (χ3n) is 4.53. The SMILES string of the molecule is Cc1c(Cl)cccc1-n1c(SCC(=O)Nc2ccccc2Cl)nnc1-c1ccncc1. The maximum atomic E-state index is 12.5. The summed E-state index contributed by atoms with van der Waals surface area (Å²) in [7, 11) is 0. The second-order valence-electron chi connectivity index (χ2n) is 6.58. The summed E-state index contributed by atoms with van der Waals surface area (Å²) in [6.45, 7) is 1.94. The first-order valence-corrected chi connectivity index (χ1v) is 11.1. The lowest BCUT2D eigenvalue weighted by molar-refractivity contribution is -0.113. The predicted molar refractivity (Wildman–Crippen MR) is 125 cm³/mol. The lowest BCUT2D eigenvalue weighted by atomic mass is 10.2. The van der Waals surface area contributed by atoms with Crippen molar-refractivity contribution >= 4 is 46.6 Å². The summed E-state index contributed by atoms with van der Waals surface area (Å²) in [4.78, 5) is 16.6. The number of para-hydroxylation sites is 1. The first kappa shape index (κ1) is 21.4. The van der Waals surface area contributed by atoms with Crippen LogP contribution in [0.3, 0.4) is 0 Å². The number of nitrogens with zero attached hydrogens (tertiary/aromatic N) is 4. The van der Waals surface area contributed by atoms with Gasteiger partial charge in [-0.3, -0.25) is 14.3 Å². The van der Waals surface area contributed by atoms with Crippen LogP contribution in [0.5, 0.6) is 0 Å². The van der Waals surface area contributed by atoms with E-state index in [1.54, 1.807) is 24.5 Å². The van der Waals surface area contributed by atoms with Crippen molar-refractivity contribution in [2.24, 2.45) is 0 Å². The molecule has 0 spiro atoms. The van der Waals surface area contributed by atoms with Crippen LogP contribution in [0.25, 0.3) is 17.1 Å². The van der Waals surface area contributed by atoms with E-state index in [-0.39, 0.29) is 11.7 Å². The number of thioether (sulfide) groups is 1. The van der Waals surface area contributed by atoms with Crippen LogP contribution in [0.4, 0.5) is 5.69 Å². The third-order valence-corrected chi connectivity index (χ3v) is 6.20. The normalized spacial score (nSPS) is 10.8. The molecule has 0 radical (unpaired) electrons. The van der Waals surface area contributed by atoms with Crippen LogP contribution >= 0.6 is 35.0 Å². The summed E-state index contributed by atoms with van der Waals surface area (Å²) < 4.78 is 1.91. The van der Waals surface area contributed by atoms with Crippen LogP contribution in [0, 0.1) is 6.92 Å². The summed E-state index contributed by atoms with van der Waals surface area (Å²) in [5.41, 5.74) is 3.16. The number of carbonyl (C=O) groups is 1. The fourth-order valence-electron chi connectivity index (χ4n) is 2.99. The van der Waals surface area contributed by atoms with Crippen molar-refractivity contribution in [2.45, 2.75) is 12.1 Å². The van der Waals surface area contributed by atoms with Gasteiger partial charge in [0.2, 0.25) is 5.91 Å². The molecule has 4 aromatic rings. The fourth-order valence-corrected chi connectivity index (χ4v) is 4.08. The minimum Gasteiger partial charge on any atom is -0.324 e. The van der Waals surface area contributed by atoms with Gasteiger partial charge in [0.05, 0.1) is 22.2 Å². The number of anilines is 1. The molecular formula is C22H17Cl2N5OS. The molecule has 0 bridgehead atoms. The van der Waals surface area contributed by atoms with E-state index < -0.39 is 0 Å². The first-order valence-electron chi connectivity index (χ1n) is 9.33. The molecule has 0 atom stereocenters. The highest BCUT2D eigenvalue weighted by Crippen LogP contribution is 2.31. The molecule has 156 valence electrons. The highest BCUT2D eigenvalue weighted by atomic mass is 35.5. The lowest BCUT2D eigenvalue weighted by Crippen LogP contribution is -2.15. The zero-order valence-corrected chi connectivity index (χ0v) is 18.7. The second kappa shape index (κ2) is 9.51. The number of hydrogen-bond acceptors (Lipinski definition) is 5. The van der Waals surface area contributed by atoms with Crippen molar-refractivity contribution in [3.05, 3.63) is 82.6 Å². The zero-order chi connectivity index (χ0) is 21.8. The second-order valence-corrected chi connectivity index (χ2v) is 8.34. The maximum Gasteiger partial charge on any atom is 0.234 e. The van der Waals surface area contributed by atoms with Gasteiger partial charge in [-0.1, -0.05) is 53.2 Å². The highest BCUT2D eigenvalue weighted by Gasteiger charge is 2.19. The molecule has 6 nitrogen and oxygen atoms in total. The van der Waals surface area contributed by atoms with Crippen molar-refractivity contribution < 1.29 is 4.79 Å². The Bertz CT molecular complexity index is 1230. The molecule has 4 rings (SSSR count). The van der Waals surface area contributed by atoms with Crippen molar-refractivity contribution in [3.63, 3.8) is 0 Å². The largest absolute Gasteiger partial charge is 0.324 e. The molecule has 1 amide bonds. The van der Waals surface area contributed by atoms with Gasteiger partial charge >= 0.3 is 0 Å². The standard InChI is InChI=1S/C22H17Cl2N5OS/c1-14-16(23)6-4-8-19(14)29-21(15-9-11-25-12-10-15)27-28-22(29)31-13-20(30)26-18-7-3-2-5-17(18)24/h2-12H,13H2,1H3,(H,26,30). The average Bonchev–Trinajstić information content (AvgIpc) is 3.20. The monoisotopic (exact) mass is 469 g/mol. The van der Waals surface area contributed by atoms with Gasteiger partial charge in [0.1, 0.15) is 0 Å². The van der Waals surface area contributed by atoms with Crippen LogP contribution in [0.2, 0.25) is 10.0 Å². The van der Waals surface area contributed by atoms with E-state index >= 15 is 0 Å². The first-order chi connectivity index (χ1) is 15.0. The lowest BCUT2D eigenvalue weighted by Gasteiger charge is -2.14. The van der Waals surface area contributed by atoms with Crippen molar-refractivity contribution in [2.75, 3.05) is 11.1 Å². The van der Waals surface area contributed by atoms with Crippen LogP contribution in [0.1, 0.15) is 5.56 Å². The minimum absolute atomic E-state index is 0.138. The summed E-state index contributed by atoms with van der Waals surface area (Å²) in [5, 5.41) is 13.2. The van der Waals surface area contributed by atoms with E-state index in [0.717, 1.165) is 16.8 Å². The molecule has 2 aromatic heterocycles. The van der Waals surface area contributed by atoms with Gasteiger partial charge in [0, 0.05) is 23.0 Å². The van der Waals surface area contributed by atoms with Gasteiger partial charge in [0.15, 0.2) is 11.0 Å². The van der Waals surface area contributed by atoms with E-state index in [9.17, 15) is 4.79 Å². The van der Waals surface area contributed by atoms with Gasteiger partial charge in [-0.15, -0.1) is 10.2 Å². The van der Waals surface area contributed by atoms with Crippen LogP contribution in [0.15, 0.2) is 72.1 Å². The Morgan fingerprint density at radius 2 is 1.74 bits per heavy atom. The summed E-state index contributed by atoms with van der Waals surface area (Å²) in [6, 6.07) is 16.5. The Balaban J connectivity index is 1.65. The summed E-state index contributed by atoms with van der Waals surface area (Å²) >= 11 is 13.8. The summed E-state index contributed by atoms with van der Waals surface area (Å²) in [5.74, 6) is 0.585. The molecule has 0 fully saturated rings. The average molecular weight is 470 g/mol. The number of hydrogen-bond donors (Lipinski definition) is 1. The van der Waals surface area contributed by atoms with Gasteiger partial charge in [-0.05, 0) is 48.9 Å². The van der Waals surface area contributed by atoms with Crippen molar-refractivity contribution in [3.8, 4) is 17.1 Å². The Labute approximate surface area is 193 Å². The Morgan fingerprint density at radius 1 is 1.00 bits per heavy atom. The Morgan fingerprint density at radius 3 is 2.52 bits per heavy atom.